The van der Waals surface area contributed by atoms with Gasteiger partial charge in [-0.1, -0.05) is 42.5 Å². The number of ether oxygens (including phenoxy) is 1. The second-order valence-electron chi connectivity index (χ2n) is 5.84. The molecule has 2 unspecified atom stereocenters. The molecule has 124 valence electrons. The summed E-state index contributed by atoms with van der Waals surface area (Å²) in [5.41, 5.74) is 1.67. The predicted octanol–water partition coefficient (Wildman–Crippen LogP) is 2.59. The highest BCUT2D eigenvalue weighted by Crippen LogP contribution is 2.40. The molecule has 0 heterocycles. The number of para-hydroxylation sites is 2. The first-order valence-electron chi connectivity index (χ1n) is 7.94. The Kier molecular flexibility index (Phi) is 4.79. The van der Waals surface area contributed by atoms with Gasteiger partial charge in [0.2, 0.25) is 11.8 Å². The van der Waals surface area contributed by atoms with Crippen molar-refractivity contribution in [1.29, 1.82) is 0 Å². The second-order valence-corrected chi connectivity index (χ2v) is 5.84. The monoisotopic (exact) mass is 324 g/mol. The number of anilines is 1. The van der Waals surface area contributed by atoms with Crippen LogP contribution in [0.3, 0.4) is 0 Å². The van der Waals surface area contributed by atoms with Gasteiger partial charge in [-0.2, -0.15) is 0 Å². The topological polar surface area (TPSA) is 67.4 Å². The highest BCUT2D eigenvalue weighted by molar-refractivity contribution is 6.00. The van der Waals surface area contributed by atoms with Gasteiger partial charge in [-0.05, 0) is 24.1 Å². The molecule has 1 saturated carbocycles. The molecular formula is C19H20N2O3. The van der Waals surface area contributed by atoms with E-state index in [4.69, 9.17) is 4.74 Å². The van der Waals surface area contributed by atoms with Crippen molar-refractivity contribution in [2.45, 2.75) is 13.0 Å². The number of amides is 2. The zero-order chi connectivity index (χ0) is 16.9. The van der Waals surface area contributed by atoms with E-state index in [1.807, 2.05) is 42.5 Å². The van der Waals surface area contributed by atoms with Crippen LogP contribution in [0, 0.1) is 11.8 Å². The molecule has 1 aliphatic rings. The molecule has 0 aromatic heterocycles. The van der Waals surface area contributed by atoms with Crippen molar-refractivity contribution in [2.24, 2.45) is 11.8 Å². The summed E-state index contributed by atoms with van der Waals surface area (Å²) in [5, 5.41) is 5.73. The van der Waals surface area contributed by atoms with Gasteiger partial charge >= 0.3 is 0 Å². The molecule has 0 radical (unpaired) electrons. The maximum Gasteiger partial charge on any atom is 0.228 e. The number of methoxy groups -OCH3 is 1. The van der Waals surface area contributed by atoms with Gasteiger partial charge in [-0.15, -0.1) is 0 Å². The molecule has 1 fully saturated rings. The smallest absolute Gasteiger partial charge is 0.228 e. The minimum atomic E-state index is -0.273. The third-order valence-corrected chi connectivity index (χ3v) is 4.14. The molecule has 5 nitrogen and oxygen atoms in total. The molecule has 0 saturated heterocycles. The fourth-order valence-electron chi connectivity index (χ4n) is 2.66. The lowest BCUT2D eigenvalue weighted by Gasteiger charge is -2.09. The van der Waals surface area contributed by atoms with E-state index in [1.54, 1.807) is 19.2 Å². The van der Waals surface area contributed by atoms with Crippen LogP contribution in [0.1, 0.15) is 12.0 Å². The summed E-state index contributed by atoms with van der Waals surface area (Å²) < 4.78 is 5.21. The van der Waals surface area contributed by atoms with Gasteiger partial charge in [0.05, 0.1) is 24.6 Å². The quantitative estimate of drug-likeness (QED) is 0.858. The van der Waals surface area contributed by atoms with Crippen LogP contribution in [0.2, 0.25) is 0 Å². The normalized spacial score (nSPS) is 18.5. The van der Waals surface area contributed by atoms with Crippen molar-refractivity contribution < 1.29 is 14.3 Å². The largest absolute Gasteiger partial charge is 0.495 e. The number of carbonyl (C=O) groups is 2. The van der Waals surface area contributed by atoms with E-state index in [1.165, 1.54) is 0 Å². The minimum absolute atomic E-state index is 0.0703. The number of carbonyl (C=O) groups excluding carboxylic acids is 2. The van der Waals surface area contributed by atoms with Gasteiger partial charge in [0.1, 0.15) is 5.75 Å². The maximum atomic E-state index is 12.3. The van der Waals surface area contributed by atoms with Gasteiger partial charge in [-0.3, -0.25) is 9.59 Å². The van der Waals surface area contributed by atoms with Crippen molar-refractivity contribution in [1.82, 2.24) is 5.32 Å². The second kappa shape index (κ2) is 7.17. The molecule has 0 bridgehead atoms. The Morgan fingerprint density at radius 2 is 1.67 bits per heavy atom. The third kappa shape index (κ3) is 3.74. The Labute approximate surface area is 141 Å². The summed E-state index contributed by atoms with van der Waals surface area (Å²) in [4.78, 5) is 24.4. The average Bonchev–Trinajstić information content (AvgIpc) is 3.42. The Morgan fingerprint density at radius 1 is 1.00 bits per heavy atom. The summed E-state index contributed by atoms with van der Waals surface area (Å²) in [7, 11) is 1.56. The lowest BCUT2D eigenvalue weighted by atomic mass is 10.2. The molecule has 1 aliphatic carbocycles. The van der Waals surface area contributed by atoms with Gasteiger partial charge in [0.25, 0.3) is 0 Å². The first-order valence-corrected chi connectivity index (χ1v) is 7.94. The van der Waals surface area contributed by atoms with Gasteiger partial charge in [0, 0.05) is 6.54 Å². The summed E-state index contributed by atoms with van der Waals surface area (Å²) in [6.45, 7) is 0.483. The van der Waals surface area contributed by atoms with E-state index < -0.39 is 0 Å². The molecule has 2 aromatic carbocycles. The Balaban J connectivity index is 1.51. The average molecular weight is 324 g/mol. The number of hydrogen-bond donors (Lipinski definition) is 2. The van der Waals surface area contributed by atoms with Crippen molar-refractivity contribution >= 4 is 17.5 Å². The van der Waals surface area contributed by atoms with Crippen LogP contribution in [0.25, 0.3) is 0 Å². The highest BCUT2D eigenvalue weighted by Gasteiger charge is 2.48. The van der Waals surface area contributed by atoms with Crippen molar-refractivity contribution in [3.05, 3.63) is 60.2 Å². The highest BCUT2D eigenvalue weighted by atomic mass is 16.5. The van der Waals surface area contributed by atoms with E-state index in [0.29, 0.717) is 24.4 Å². The Bertz CT molecular complexity index is 730. The fraction of sp³-hybridized carbons (Fsp3) is 0.263. The van der Waals surface area contributed by atoms with E-state index in [-0.39, 0.29) is 23.7 Å². The van der Waals surface area contributed by atoms with Gasteiger partial charge in [0.15, 0.2) is 0 Å². The number of nitrogens with one attached hydrogen (secondary N) is 2. The van der Waals surface area contributed by atoms with E-state index >= 15 is 0 Å². The number of benzene rings is 2. The summed E-state index contributed by atoms with van der Waals surface area (Å²) >= 11 is 0. The van der Waals surface area contributed by atoms with Crippen LogP contribution in [-0.2, 0) is 16.1 Å². The molecule has 2 atom stereocenters. The van der Waals surface area contributed by atoms with Gasteiger partial charge < -0.3 is 15.4 Å². The molecule has 24 heavy (non-hydrogen) atoms. The van der Waals surface area contributed by atoms with E-state index in [0.717, 1.165) is 5.56 Å². The predicted molar refractivity (Wildman–Crippen MR) is 91.5 cm³/mol. The van der Waals surface area contributed by atoms with E-state index in [9.17, 15) is 9.59 Å². The van der Waals surface area contributed by atoms with Crippen LogP contribution in [0.4, 0.5) is 5.69 Å². The summed E-state index contributed by atoms with van der Waals surface area (Å²) in [5.74, 6) is -0.121. The van der Waals surface area contributed by atoms with Crippen molar-refractivity contribution in [3.63, 3.8) is 0 Å². The van der Waals surface area contributed by atoms with Crippen LogP contribution in [0.5, 0.6) is 5.75 Å². The lowest BCUT2D eigenvalue weighted by molar-refractivity contribution is -0.125. The van der Waals surface area contributed by atoms with Gasteiger partial charge in [-0.25, -0.2) is 0 Å². The Hall–Kier alpha value is -2.82. The van der Waals surface area contributed by atoms with Crippen LogP contribution in [0.15, 0.2) is 54.6 Å². The molecule has 5 heteroatoms. The zero-order valence-corrected chi connectivity index (χ0v) is 13.5. The summed E-state index contributed by atoms with van der Waals surface area (Å²) in [6.07, 6.45) is 0.585. The zero-order valence-electron chi connectivity index (χ0n) is 13.5. The maximum absolute atomic E-state index is 12.3. The molecule has 2 N–H and O–H groups in total. The molecule has 2 aromatic rings. The third-order valence-electron chi connectivity index (χ3n) is 4.14. The molecular weight excluding hydrogens is 304 g/mol. The molecule has 0 aliphatic heterocycles. The first kappa shape index (κ1) is 16.1. The van der Waals surface area contributed by atoms with Crippen molar-refractivity contribution in [3.8, 4) is 5.75 Å². The SMILES string of the molecule is COc1ccccc1NC(=O)C1CC1C(=O)NCc1ccccc1. The molecule has 3 rings (SSSR count). The number of hydrogen-bond acceptors (Lipinski definition) is 3. The minimum Gasteiger partial charge on any atom is -0.495 e. The standard InChI is InChI=1S/C19H20N2O3/c1-24-17-10-6-5-9-16(17)21-19(23)15-11-14(15)18(22)20-12-13-7-3-2-4-8-13/h2-10,14-15H,11-12H2,1H3,(H,20,22)(H,21,23). The van der Waals surface area contributed by atoms with Crippen molar-refractivity contribution in [2.75, 3.05) is 12.4 Å². The van der Waals surface area contributed by atoms with E-state index in [2.05, 4.69) is 10.6 Å². The molecule has 0 spiro atoms. The fourth-order valence-corrected chi connectivity index (χ4v) is 2.66. The van der Waals surface area contributed by atoms with Crippen LogP contribution in [-0.4, -0.2) is 18.9 Å². The van der Waals surface area contributed by atoms with Crippen LogP contribution >= 0.6 is 0 Å². The Morgan fingerprint density at radius 3 is 2.42 bits per heavy atom. The number of rotatable bonds is 6. The molecule has 2 amide bonds. The first-order chi connectivity index (χ1) is 11.7. The van der Waals surface area contributed by atoms with Crippen LogP contribution < -0.4 is 15.4 Å². The lowest BCUT2D eigenvalue weighted by Crippen LogP contribution is -2.27. The summed E-state index contributed by atoms with van der Waals surface area (Å²) in [6, 6.07) is 16.9.